The van der Waals surface area contributed by atoms with Crippen LogP contribution in [0.5, 0.6) is 5.75 Å². The molecule has 1 aliphatic rings. The van der Waals surface area contributed by atoms with E-state index in [2.05, 4.69) is 0 Å². The molecule has 1 amide bonds. The van der Waals surface area contributed by atoms with Gasteiger partial charge in [-0.25, -0.2) is 0 Å². The van der Waals surface area contributed by atoms with Crippen molar-refractivity contribution < 1.29 is 19.4 Å². The monoisotopic (exact) mass is 337 g/mol. The average Bonchev–Trinajstić information content (AvgIpc) is 2.84. The SMILES string of the molecule is COc1ccc(C(=O)/C=C/C[C@]2(O)C(=O)N(C)c3ccccc32)cc1. The van der Waals surface area contributed by atoms with E-state index in [1.165, 1.54) is 11.0 Å². The summed E-state index contributed by atoms with van der Waals surface area (Å²) in [5, 5.41) is 10.9. The van der Waals surface area contributed by atoms with E-state index in [1.807, 2.05) is 6.07 Å². The van der Waals surface area contributed by atoms with Crippen LogP contribution in [0.1, 0.15) is 22.3 Å². The van der Waals surface area contributed by atoms with Crippen LogP contribution in [0.4, 0.5) is 5.69 Å². The van der Waals surface area contributed by atoms with Gasteiger partial charge in [-0.3, -0.25) is 9.59 Å². The lowest BCUT2D eigenvalue weighted by Crippen LogP contribution is -2.38. The minimum Gasteiger partial charge on any atom is -0.497 e. The molecule has 5 heteroatoms. The maximum Gasteiger partial charge on any atom is 0.263 e. The van der Waals surface area contributed by atoms with Gasteiger partial charge in [0, 0.05) is 24.6 Å². The molecule has 0 aromatic heterocycles. The predicted molar refractivity (Wildman–Crippen MR) is 94.8 cm³/mol. The molecule has 3 rings (SSSR count). The maximum absolute atomic E-state index is 12.4. The van der Waals surface area contributed by atoms with Crippen LogP contribution < -0.4 is 9.64 Å². The van der Waals surface area contributed by atoms with Crippen LogP contribution in [0.25, 0.3) is 0 Å². The molecule has 0 saturated carbocycles. The second kappa shape index (κ2) is 6.53. The second-order valence-electron chi connectivity index (χ2n) is 5.94. The smallest absolute Gasteiger partial charge is 0.263 e. The third kappa shape index (κ3) is 2.94. The molecule has 1 heterocycles. The Morgan fingerprint density at radius 3 is 2.56 bits per heavy atom. The fraction of sp³-hybridized carbons (Fsp3) is 0.200. The number of carbonyl (C=O) groups excluding carboxylic acids is 2. The Bertz CT molecular complexity index is 841. The van der Waals surface area contributed by atoms with Gasteiger partial charge in [0.05, 0.1) is 12.8 Å². The van der Waals surface area contributed by atoms with Crippen LogP contribution in [-0.4, -0.2) is 31.0 Å². The number of ketones is 1. The highest BCUT2D eigenvalue weighted by Gasteiger charge is 2.47. The van der Waals surface area contributed by atoms with Crippen LogP contribution in [0.15, 0.2) is 60.7 Å². The van der Waals surface area contributed by atoms with E-state index >= 15 is 0 Å². The number of hydrogen-bond acceptors (Lipinski definition) is 4. The number of nitrogens with zero attached hydrogens (tertiary/aromatic N) is 1. The molecular weight excluding hydrogens is 318 g/mol. The molecule has 0 bridgehead atoms. The summed E-state index contributed by atoms with van der Waals surface area (Å²) < 4.78 is 5.06. The third-order valence-corrected chi connectivity index (χ3v) is 4.43. The summed E-state index contributed by atoms with van der Waals surface area (Å²) in [5.74, 6) is 0.0830. The first-order valence-corrected chi connectivity index (χ1v) is 7.92. The Labute approximate surface area is 146 Å². The maximum atomic E-state index is 12.4. The number of benzene rings is 2. The van der Waals surface area contributed by atoms with Crippen molar-refractivity contribution in [3.63, 3.8) is 0 Å². The van der Waals surface area contributed by atoms with E-state index in [0.29, 0.717) is 22.6 Å². The van der Waals surface area contributed by atoms with Crippen molar-refractivity contribution in [2.24, 2.45) is 0 Å². The van der Waals surface area contributed by atoms with Crippen molar-refractivity contribution in [2.75, 3.05) is 19.1 Å². The molecule has 1 aliphatic heterocycles. The molecule has 0 radical (unpaired) electrons. The van der Waals surface area contributed by atoms with Crippen molar-refractivity contribution in [1.82, 2.24) is 0 Å². The third-order valence-electron chi connectivity index (χ3n) is 4.43. The summed E-state index contributed by atoms with van der Waals surface area (Å²) in [6, 6.07) is 13.9. The minimum atomic E-state index is -1.64. The Morgan fingerprint density at radius 1 is 1.20 bits per heavy atom. The number of ether oxygens (including phenoxy) is 1. The molecule has 128 valence electrons. The lowest BCUT2D eigenvalue weighted by atomic mass is 9.91. The number of rotatable bonds is 5. The lowest BCUT2D eigenvalue weighted by molar-refractivity contribution is -0.135. The van der Waals surface area contributed by atoms with Gasteiger partial charge in [-0.15, -0.1) is 0 Å². The number of methoxy groups -OCH3 is 1. The van der Waals surface area contributed by atoms with E-state index in [0.717, 1.165) is 0 Å². The number of anilines is 1. The van der Waals surface area contributed by atoms with Gasteiger partial charge in [0.2, 0.25) is 0 Å². The van der Waals surface area contributed by atoms with Gasteiger partial charge < -0.3 is 14.7 Å². The molecule has 5 nitrogen and oxygen atoms in total. The summed E-state index contributed by atoms with van der Waals surface area (Å²) in [6.45, 7) is 0. The summed E-state index contributed by atoms with van der Waals surface area (Å²) in [6.07, 6.45) is 2.96. The highest BCUT2D eigenvalue weighted by atomic mass is 16.5. The zero-order chi connectivity index (χ0) is 18.0. The van der Waals surface area contributed by atoms with E-state index in [1.54, 1.807) is 62.7 Å². The largest absolute Gasteiger partial charge is 0.497 e. The molecule has 2 aromatic carbocycles. The van der Waals surface area contributed by atoms with Gasteiger partial charge in [0.25, 0.3) is 5.91 Å². The number of amides is 1. The number of hydrogen-bond donors (Lipinski definition) is 1. The lowest BCUT2D eigenvalue weighted by Gasteiger charge is -2.19. The van der Waals surface area contributed by atoms with Crippen LogP contribution >= 0.6 is 0 Å². The number of fused-ring (bicyclic) bond motifs is 1. The van der Waals surface area contributed by atoms with Crippen molar-refractivity contribution in [2.45, 2.75) is 12.0 Å². The van der Waals surface area contributed by atoms with Gasteiger partial charge in [-0.1, -0.05) is 24.3 Å². The molecule has 1 atom stereocenters. The predicted octanol–water partition coefficient (Wildman–Crippen LogP) is 2.69. The summed E-state index contributed by atoms with van der Waals surface area (Å²) in [4.78, 5) is 26.1. The number of likely N-dealkylation sites (N-methyl/N-ethyl adjacent to an activating group) is 1. The Hall–Kier alpha value is -2.92. The summed E-state index contributed by atoms with van der Waals surface area (Å²) in [7, 11) is 3.19. The van der Waals surface area contributed by atoms with Gasteiger partial charge in [-0.05, 0) is 36.4 Å². The Kier molecular flexibility index (Phi) is 4.42. The van der Waals surface area contributed by atoms with Gasteiger partial charge >= 0.3 is 0 Å². The normalized spacial score (nSPS) is 19.3. The van der Waals surface area contributed by atoms with Crippen LogP contribution in [0.3, 0.4) is 0 Å². The Morgan fingerprint density at radius 2 is 1.88 bits per heavy atom. The van der Waals surface area contributed by atoms with Gasteiger partial charge in [0.1, 0.15) is 5.75 Å². The number of allylic oxidation sites excluding steroid dienone is 1. The van der Waals surface area contributed by atoms with E-state index in [9.17, 15) is 14.7 Å². The van der Waals surface area contributed by atoms with Crippen LogP contribution in [0.2, 0.25) is 0 Å². The van der Waals surface area contributed by atoms with Crippen molar-refractivity contribution in [3.05, 3.63) is 71.8 Å². The van der Waals surface area contributed by atoms with E-state index in [-0.39, 0.29) is 12.2 Å². The molecule has 0 unspecified atom stereocenters. The summed E-state index contributed by atoms with van der Waals surface area (Å²) in [5.41, 5.74) is 0.121. The number of carbonyl (C=O) groups is 2. The fourth-order valence-corrected chi connectivity index (χ4v) is 3.00. The first-order chi connectivity index (χ1) is 12.0. The minimum absolute atomic E-state index is 0.0368. The van der Waals surface area contributed by atoms with Crippen molar-refractivity contribution in [1.29, 1.82) is 0 Å². The standard InChI is InChI=1S/C20H19NO4/c1-21-17-7-4-3-6-16(17)20(24,19(21)23)13-5-8-18(22)14-9-11-15(25-2)12-10-14/h3-12,24H,13H2,1-2H3/b8-5+/t20-/m1/s1. The van der Waals surface area contributed by atoms with Crippen molar-refractivity contribution in [3.8, 4) is 5.75 Å². The molecule has 0 spiro atoms. The first-order valence-electron chi connectivity index (χ1n) is 7.92. The highest BCUT2D eigenvalue weighted by Crippen LogP contribution is 2.41. The molecule has 25 heavy (non-hydrogen) atoms. The molecule has 2 aromatic rings. The van der Waals surface area contributed by atoms with Gasteiger partial charge in [-0.2, -0.15) is 0 Å². The Balaban J connectivity index is 1.77. The molecule has 0 saturated heterocycles. The van der Waals surface area contributed by atoms with Gasteiger partial charge in [0.15, 0.2) is 11.4 Å². The molecule has 0 aliphatic carbocycles. The number of aliphatic hydroxyl groups is 1. The first kappa shape index (κ1) is 16.9. The van der Waals surface area contributed by atoms with E-state index in [4.69, 9.17) is 4.74 Å². The zero-order valence-electron chi connectivity index (χ0n) is 14.1. The topological polar surface area (TPSA) is 66.8 Å². The van der Waals surface area contributed by atoms with Crippen LogP contribution in [-0.2, 0) is 10.4 Å². The molecular formula is C20H19NO4. The van der Waals surface area contributed by atoms with Crippen LogP contribution in [0, 0.1) is 0 Å². The number of para-hydroxylation sites is 1. The molecule has 0 fully saturated rings. The second-order valence-corrected chi connectivity index (χ2v) is 5.94. The zero-order valence-corrected chi connectivity index (χ0v) is 14.1. The molecule has 1 N–H and O–H groups in total. The fourth-order valence-electron chi connectivity index (χ4n) is 3.00. The van der Waals surface area contributed by atoms with E-state index < -0.39 is 11.5 Å². The summed E-state index contributed by atoms with van der Waals surface area (Å²) >= 11 is 0. The van der Waals surface area contributed by atoms with Crippen molar-refractivity contribution >= 4 is 17.4 Å². The highest BCUT2D eigenvalue weighted by molar-refractivity contribution is 6.07. The quantitative estimate of drug-likeness (QED) is 0.673. The average molecular weight is 337 g/mol.